The Morgan fingerprint density at radius 1 is 1.32 bits per heavy atom. The first-order valence-electron chi connectivity index (χ1n) is 16.7. The molecular weight excluding hydrogens is 737 g/mol. The van der Waals surface area contributed by atoms with Gasteiger partial charge in [-0.1, -0.05) is 18.1 Å². The Morgan fingerprint density at radius 2 is 2.06 bits per heavy atom. The van der Waals surface area contributed by atoms with Gasteiger partial charge in [-0.05, 0) is 76.3 Å². The van der Waals surface area contributed by atoms with E-state index >= 15 is 0 Å². The number of hydrogen-bond donors (Lipinski definition) is 6. The zero-order valence-electron chi connectivity index (χ0n) is 29.5. The number of oxime groups is 1. The molecule has 1 aromatic carbocycles. The minimum absolute atomic E-state index is 0.0568. The topological polar surface area (TPSA) is 275 Å². The lowest BCUT2D eigenvalue weighted by molar-refractivity contribution is -0.780. The summed E-state index contributed by atoms with van der Waals surface area (Å²) < 4.78 is 45.9. The Labute approximate surface area is 309 Å². The van der Waals surface area contributed by atoms with Gasteiger partial charge in [-0.2, -0.15) is 18.2 Å². The Kier molecular flexibility index (Phi) is 11.5. The van der Waals surface area contributed by atoms with Crippen molar-refractivity contribution >= 4 is 50.4 Å². The second kappa shape index (κ2) is 15.4. The van der Waals surface area contributed by atoms with E-state index in [2.05, 4.69) is 19.7 Å². The van der Waals surface area contributed by atoms with Crippen LogP contribution in [0.4, 0.5) is 5.13 Å². The van der Waals surface area contributed by atoms with Crippen molar-refractivity contribution in [2.24, 2.45) is 10.9 Å². The quantitative estimate of drug-likeness (QED) is 0.0378. The number of amides is 2. The highest BCUT2D eigenvalue weighted by Crippen LogP contribution is 2.37. The molecular formula is C32H43N8O11S2+. The number of aryl methyl sites for hydroxylation is 2. The SMILES string of the molecule is CC[C@H](O)C[n+]1cc(-c2ccc3c(c2)CC[C@H]([C@](C)(O/N=C(\C(=O)N[C@@H]2C(=O)N(OS(=O)(=O)O)C2(C)C)c2csc(N)n2)C(=O)O)O3)cn1CCCN. The molecule has 0 radical (unpaired) electrons. The molecule has 2 amide bonds. The summed E-state index contributed by atoms with van der Waals surface area (Å²) in [5.74, 6) is -3.01. The molecule has 1 saturated heterocycles. The molecule has 5 rings (SSSR count). The molecule has 3 aromatic rings. The van der Waals surface area contributed by atoms with Gasteiger partial charge in [0, 0.05) is 5.38 Å². The first-order valence-corrected chi connectivity index (χ1v) is 18.9. The number of carboxylic acid groups (broad SMARTS) is 1. The van der Waals surface area contributed by atoms with Crippen LogP contribution in [0.15, 0.2) is 41.1 Å². The van der Waals surface area contributed by atoms with Gasteiger partial charge < -0.3 is 36.6 Å². The van der Waals surface area contributed by atoms with Gasteiger partial charge in [0.15, 0.2) is 23.5 Å². The van der Waals surface area contributed by atoms with Crippen molar-refractivity contribution < 1.29 is 56.1 Å². The fourth-order valence-electron chi connectivity index (χ4n) is 5.95. The Bertz CT molecular complexity index is 2010. The second-order valence-electron chi connectivity index (χ2n) is 13.4. The molecule has 0 saturated carbocycles. The third-order valence-electron chi connectivity index (χ3n) is 9.17. The van der Waals surface area contributed by atoms with E-state index in [9.17, 15) is 33.0 Å². The number of anilines is 1. The van der Waals surface area contributed by atoms with Gasteiger partial charge in [0.25, 0.3) is 17.4 Å². The van der Waals surface area contributed by atoms with E-state index in [0.29, 0.717) is 43.3 Å². The van der Waals surface area contributed by atoms with Crippen LogP contribution in [0.1, 0.15) is 58.2 Å². The van der Waals surface area contributed by atoms with Crippen molar-refractivity contribution in [2.45, 2.75) is 95.9 Å². The summed E-state index contributed by atoms with van der Waals surface area (Å²) in [5, 5.41) is 28.8. The maximum absolute atomic E-state index is 13.5. The molecule has 1 fully saturated rings. The normalized spacial score (nSPS) is 20.1. The average Bonchev–Trinajstić information content (AvgIpc) is 3.72. The van der Waals surface area contributed by atoms with Crippen LogP contribution in [-0.2, 0) is 53.4 Å². The summed E-state index contributed by atoms with van der Waals surface area (Å²) in [6.45, 7) is 7.54. The molecule has 2 aliphatic heterocycles. The average molecular weight is 780 g/mol. The minimum Gasteiger partial charge on any atom is -0.485 e. The number of β-lactam (4-membered cyclic amide) rings is 1. The highest BCUT2D eigenvalue weighted by molar-refractivity contribution is 7.80. The summed E-state index contributed by atoms with van der Waals surface area (Å²) in [7, 11) is -5.04. The number of carbonyl (C=O) groups excluding carboxylic acids is 2. The third kappa shape index (κ3) is 8.44. The summed E-state index contributed by atoms with van der Waals surface area (Å²) >= 11 is 0.965. The molecule has 288 valence electrons. The van der Waals surface area contributed by atoms with E-state index in [1.54, 1.807) is 6.07 Å². The van der Waals surface area contributed by atoms with Crippen LogP contribution in [0.5, 0.6) is 5.75 Å². The number of carboxylic acids is 1. The van der Waals surface area contributed by atoms with E-state index in [0.717, 1.165) is 34.4 Å². The van der Waals surface area contributed by atoms with Crippen molar-refractivity contribution in [3.05, 3.63) is 47.2 Å². The van der Waals surface area contributed by atoms with Gasteiger partial charge >= 0.3 is 16.4 Å². The van der Waals surface area contributed by atoms with Crippen molar-refractivity contribution in [1.82, 2.24) is 20.0 Å². The number of aromatic nitrogens is 3. The molecule has 2 aromatic heterocycles. The monoisotopic (exact) mass is 779 g/mol. The predicted octanol–water partition coefficient (Wildman–Crippen LogP) is 0.399. The molecule has 0 aliphatic carbocycles. The number of nitrogens with one attached hydrogen (secondary N) is 1. The minimum atomic E-state index is -5.04. The van der Waals surface area contributed by atoms with Crippen LogP contribution >= 0.6 is 11.3 Å². The molecule has 8 N–H and O–H groups in total. The zero-order valence-corrected chi connectivity index (χ0v) is 31.1. The van der Waals surface area contributed by atoms with Crippen LogP contribution in [0.3, 0.4) is 0 Å². The third-order valence-corrected chi connectivity index (χ3v) is 10.2. The lowest BCUT2D eigenvalue weighted by Crippen LogP contribution is -2.76. The number of fused-ring (bicyclic) bond motifs is 1. The van der Waals surface area contributed by atoms with Crippen molar-refractivity contribution in [2.75, 3.05) is 12.3 Å². The van der Waals surface area contributed by atoms with Gasteiger partial charge in [0.2, 0.25) is 6.20 Å². The van der Waals surface area contributed by atoms with Gasteiger partial charge in [-0.15, -0.1) is 20.3 Å². The van der Waals surface area contributed by atoms with E-state index < -0.39 is 63.3 Å². The zero-order chi connectivity index (χ0) is 38.9. The van der Waals surface area contributed by atoms with E-state index in [1.165, 1.54) is 26.2 Å². The fraction of sp³-hybridized carbons (Fsp3) is 0.500. The van der Waals surface area contributed by atoms with E-state index in [1.807, 2.05) is 40.8 Å². The standard InChI is InChI=1S/C32H42N8O11S2/c1-5-21(41)16-39-15-20(14-38(39)12-6-11-33)18-7-9-23-19(13-18)8-10-24(49-23)32(4,29(44)45)50-37-25(22-17-52-30(34)35-22)27(42)36-26-28(43)40(31(26,2)3)51-53(46,47)48/h7,9,13-15,17,21,24,26,41H,5-6,8,10-12,16,33H2,1-4H3,(H4-,34,35,36,42,44,45,46,47,48)/p+1/b37-25-/t21-,24+,26+,32-/m0/s1. The summed E-state index contributed by atoms with van der Waals surface area (Å²) in [4.78, 5) is 48.6. The van der Waals surface area contributed by atoms with Crippen LogP contribution in [-0.4, -0.2) is 97.3 Å². The molecule has 0 bridgehead atoms. The summed E-state index contributed by atoms with van der Waals surface area (Å²) in [6.07, 6.45) is 4.38. The number of aliphatic hydroxyl groups is 1. The Hall–Kier alpha value is -4.67. The number of aliphatic carboxylic acids is 1. The van der Waals surface area contributed by atoms with E-state index in [4.69, 9.17) is 25.6 Å². The molecule has 2 aliphatic rings. The Morgan fingerprint density at radius 3 is 2.66 bits per heavy atom. The first kappa shape index (κ1) is 39.5. The maximum atomic E-state index is 13.5. The lowest BCUT2D eigenvalue weighted by Gasteiger charge is -2.50. The molecule has 0 spiro atoms. The first-order chi connectivity index (χ1) is 24.9. The number of hydrogen-bond acceptors (Lipinski definition) is 14. The number of rotatable bonds is 16. The number of hydroxylamine groups is 2. The van der Waals surface area contributed by atoms with Crippen molar-refractivity contribution in [3.63, 3.8) is 0 Å². The predicted molar refractivity (Wildman–Crippen MR) is 188 cm³/mol. The highest BCUT2D eigenvalue weighted by atomic mass is 32.3. The molecule has 0 unspecified atom stereocenters. The number of aliphatic hydroxyl groups excluding tert-OH is 1. The number of nitrogens with two attached hydrogens (primary N) is 2. The molecule has 4 heterocycles. The smallest absolute Gasteiger partial charge is 0.418 e. The van der Waals surface area contributed by atoms with Crippen LogP contribution < -0.4 is 26.2 Å². The number of carbonyl (C=O) groups is 3. The largest absolute Gasteiger partial charge is 0.485 e. The summed E-state index contributed by atoms with van der Waals surface area (Å²) in [6, 6.07) is 4.21. The number of thiazole rings is 1. The van der Waals surface area contributed by atoms with Gasteiger partial charge in [-0.3, -0.25) is 14.1 Å². The number of ether oxygens (including phenoxy) is 1. The summed E-state index contributed by atoms with van der Waals surface area (Å²) in [5.41, 5.74) is 10.0. The van der Waals surface area contributed by atoms with Gasteiger partial charge in [0.1, 0.15) is 23.6 Å². The van der Waals surface area contributed by atoms with Crippen molar-refractivity contribution in [1.29, 1.82) is 0 Å². The van der Waals surface area contributed by atoms with Crippen molar-refractivity contribution in [3.8, 4) is 16.9 Å². The van der Waals surface area contributed by atoms with Gasteiger partial charge in [-0.25, -0.2) is 9.78 Å². The number of nitrogen functional groups attached to an aromatic ring is 1. The molecule has 4 atom stereocenters. The Balaban J connectivity index is 1.36. The van der Waals surface area contributed by atoms with Crippen LogP contribution in [0.25, 0.3) is 11.1 Å². The van der Waals surface area contributed by atoms with E-state index in [-0.39, 0.29) is 17.2 Å². The highest BCUT2D eigenvalue weighted by Gasteiger charge is 2.58. The molecule has 19 nitrogen and oxygen atoms in total. The van der Waals surface area contributed by atoms with Gasteiger partial charge in [0.05, 0.1) is 23.8 Å². The lowest BCUT2D eigenvalue weighted by atomic mass is 9.84. The maximum Gasteiger partial charge on any atom is 0.418 e. The molecule has 21 heteroatoms. The fourth-order valence-corrected chi connectivity index (χ4v) is 6.95. The second-order valence-corrected chi connectivity index (χ2v) is 15.3. The van der Waals surface area contributed by atoms with Crippen LogP contribution in [0, 0.1) is 0 Å². The van der Waals surface area contributed by atoms with Crippen LogP contribution in [0.2, 0.25) is 0 Å². The molecule has 53 heavy (non-hydrogen) atoms. The number of benzene rings is 1. The number of nitrogens with zero attached hydrogens (tertiary/aromatic N) is 5.